The van der Waals surface area contributed by atoms with Gasteiger partial charge in [0.05, 0.1) is 41.6 Å². The first-order chi connectivity index (χ1) is 14.9. The Morgan fingerprint density at radius 3 is 2.42 bits per heavy atom. The van der Waals surface area contributed by atoms with E-state index in [1.54, 1.807) is 31.2 Å². The van der Waals surface area contributed by atoms with Crippen LogP contribution in [0, 0.1) is 0 Å². The van der Waals surface area contributed by atoms with Crippen LogP contribution in [0.2, 0.25) is 0 Å². The monoisotopic (exact) mass is 454 g/mol. The minimum atomic E-state index is -0.721. The van der Waals surface area contributed by atoms with Crippen LogP contribution in [0.25, 0.3) is 6.08 Å². The van der Waals surface area contributed by atoms with Gasteiger partial charge in [0, 0.05) is 4.88 Å². The van der Waals surface area contributed by atoms with E-state index in [9.17, 15) is 14.4 Å². The van der Waals surface area contributed by atoms with E-state index in [0.717, 1.165) is 4.88 Å². The van der Waals surface area contributed by atoms with Gasteiger partial charge in [-0.25, -0.2) is 14.6 Å². The van der Waals surface area contributed by atoms with E-state index < -0.39 is 18.0 Å². The number of allylic oxidation sites excluding steroid dienone is 1. The first-order valence-corrected chi connectivity index (χ1v) is 11.0. The molecule has 4 rings (SSSR count). The molecule has 1 atom stereocenters. The molecule has 0 radical (unpaired) electrons. The van der Waals surface area contributed by atoms with Gasteiger partial charge in [-0.1, -0.05) is 29.5 Å². The Balaban J connectivity index is 1.94. The standard InChI is InChI=1S/C22H18N2O5S2/c1-12-17(21(27)29-3)18(13-6-8-14(9-7-13)20(26)28-2)24-19(25)16(31-22(24)23-12)11-15-5-4-10-30-15/h4-11,18H,1-3H3/b16-11+/t18-/m0/s1. The van der Waals surface area contributed by atoms with Crippen LogP contribution in [-0.4, -0.2) is 30.7 Å². The normalized spacial score (nSPS) is 16.0. The SMILES string of the molecule is COC(=O)C1=C(C)N=c2s/c(=C/c3cccs3)c(=O)n2[C@H]1c1ccc(C(=O)OC)cc1. The number of esters is 2. The number of benzene rings is 1. The summed E-state index contributed by atoms with van der Waals surface area (Å²) in [6, 6.07) is 9.74. The van der Waals surface area contributed by atoms with Crippen LogP contribution < -0.4 is 14.9 Å². The van der Waals surface area contributed by atoms with Gasteiger partial charge >= 0.3 is 11.9 Å². The maximum atomic E-state index is 13.3. The maximum absolute atomic E-state index is 13.3. The molecule has 0 saturated carbocycles. The highest BCUT2D eigenvalue weighted by Crippen LogP contribution is 2.30. The molecule has 0 aliphatic carbocycles. The fraction of sp³-hybridized carbons (Fsp3) is 0.182. The van der Waals surface area contributed by atoms with Crippen LogP contribution in [0.5, 0.6) is 0 Å². The number of rotatable bonds is 4. The molecule has 0 amide bonds. The van der Waals surface area contributed by atoms with E-state index in [-0.39, 0.29) is 11.1 Å². The van der Waals surface area contributed by atoms with Crippen molar-refractivity contribution in [3.05, 3.63) is 88.7 Å². The summed E-state index contributed by atoms with van der Waals surface area (Å²) in [4.78, 5) is 43.7. The van der Waals surface area contributed by atoms with E-state index in [2.05, 4.69) is 4.99 Å². The molecule has 1 aromatic carbocycles. The Labute approximate surface area is 185 Å². The molecule has 3 aromatic rings. The zero-order valence-electron chi connectivity index (χ0n) is 16.9. The number of nitrogens with zero attached hydrogens (tertiary/aromatic N) is 2. The molecule has 2 aromatic heterocycles. The largest absolute Gasteiger partial charge is 0.466 e. The predicted octanol–water partition coefficient (Wildman–Crippen LogP) is 2.26. The van der Waals surface area contributed by atoms with Crippen molar-refractivity contribution in [1.82, 2.24) is 4.57 Å². The topological polar surface area (TPSA) is 87.0 Å². The third-order valence-electron chi connectivity index (χ3n) is 4.89. The number of thiophene rings is 1. The second kappa shape index (κ2) is 8.44. The fourth-order valence-corrected chi connectivity index (χ4v) is 5.20. The Bertz CT molecular complexity index is 1360. The van der Waals surface area contributed by atoms with Gasteiger partial charge in [-0.3, -0.25) is 9.36 Å². The van der Waals surface area contributed by atoms with Gasteiger partial charge in [-0.2, -0.15) is 0 Å². The highest BCUT2D eigenvalue weighted by atomic mass is 32.1. The molecule has 158 valence electrons. The molecule has 1 aliphatic heterocycles. The zero-order valence-corrected chi connectivity index (χ0v) is 18.6. The van der Waals surface area contributed by atoms with Crippen LogP contribution in [0.15, 0.2) is 62.8 Å². The van der Waals surface area contributed by atoms with Crippen molar-refractivity contribution in [3.8, 4) is 0 Å². The van der Waals surface area contributed by atoms with E-state index in [4.69, 9.17) is 9.47 Å². The smallest absolute Gasteiger partial charge is 0.338 e. The molecule has 0 unspecified atom stereocenters. The lowest BCUT2D eigenvalue weighted by Gasteiger charge is -2.24. The maximum Gasteiger partial charge on any atom is 0.338 e. The van der Waals surface area contributed by atoms with Crippen molar-refractivity contribution < 1.29 is 19.1 Å². The molecule has 7 nitrogen and oxygen atoms in total. The molecule has 0 bridgehead atoms. The number of hydrogen-bond acceptors (Lipinski definition) is 8. The molecule has 0 fully saturated rings. The molecular formula is C22H18N2O5S2. The molecule has 3 heterocycles. The van der Waals surface area contributed by atoms with Gasteiger partial charge in [-0.05, 0) is 42.1 Å². The van der Waals surface area contributed by atoms with E-state index in [0.29, 0.717) is 26.2 Å². The van der Waals surface area contributed by atoms with Crippen LogP contribution in [0.3, 0.4) is 0 Å². The summed E-state index contributed by atoms with van der Waals surface area (Å²) in [5.41, 5.74) is 1.55. The number of ether oxygens (including phenoxy) is 2. The summed E-state index contributed by atoms with van der Waals surface area (Å²) in [7, 11) is 2.60. The van der Waals surface area contributed by atoms with Gasteiger partial charge < -0.3 is 9.47 Å². The predicted molar refractivity (Wildman–Crippen MR) is 118 cm³/mol. The number of carbonyl (C=O) groups excluding carboxylic acids is 2. The summed E-state index contributed by atoms with van der Waals surface area (Å²) < 4.78 is 11.8. The zero-order chi connectivity index (χ0) is 22.1. The molecule has 0 N–H and O–H groups in total. The highest BCUT2D eigenvalue weighted by molar-refractivity contribution is 7.11. The van der Waals surface area contributed by atoms with Gasteiger partial charge in [-0.15, -0.1) is 11.3 Å². The minimum Gasteiger partial charge on any atom is -0.466 e. The van der Waals surface area contributed by atoms with Crippen LogP contribution >= 0.6 is 22.7 Å². The lowest BCUT2D eigenvalue weighted by atomic mass is 9.95. The Morgan fingerprint density at radius 1 is 1.10 bits per heavy atom. The van der Waals surface area contributed by atoms with E-state index in [1.807, 2.05) is 23.6 Å². The van der Waals surface area contributed by atoms with Crippen LogP contribution in [0.4, 0.5) is 0 Å². The van der Waals surface area contributed by atoms with Crippen molar-refractivity contribution >= 4 is 40.7 Å². The summed E-state index contributed by atoms with van der Waals surface area (Å²) in [6.07, 6.45) is 1.82. The number of hydrogen-bond donors (Lipinski definition) is 0. The highest BCUT2D eigenvalue weighted by Gasteiger charge is 2.33. The summed E-state index contributed by atoms with van der Waals surface area (Å²) in [5.74, 6) is -1.03. The van der Waals surface area contributed by atoms with Gasteiger partial charge in [0.25, 0.3) is 5.56 Å². The average molecular weight is 455 g/mol. The number of thiazole rings is 1. The average Bonchev–Trinajstić information content (AvgIpc) is 3.40. The van der Waals surface area contributed by atoms with Gasteiger partial charge in [0.1, 0.15) is 0 Å². The molecule has 0 saturated heterocycles. The first kappa shape index (κ1) is 21.0. The number of carbonyl (C=O) groups is 2. The molecule has 31 heavy (non-hydrogen) atoms. The fourth-order valence-electron chi connectivity index (χ4n) is 3.43. The van der Waals surface area contributed by atoms with Crippen LogP contribution in [0.1, 0.15) is 33.8 Å². The lowest BCUT2D eigenvalue weighted by molar-refractivity contribution is -0.136. The Morgan fingerprint density at radius 2 is 1.81 bits per heavy atom. The van der Waals surface area contributed by atoms with Gasteiger partial charge in [0.2, 0.25) is 0 Å². The molecule has 9 heteroatoms. The number of aromatic nitrogens is 1. The van der Waals surface area contributed by atoms with Gasteiger partial charge in [0.15, 0.2) is 4.80 Å². The summed E-state index contributed by atoms with van der Waals surface area (Å²) in [6.45, 7) is 1.72. The third kappa shape index (κ3) is 3.77. The molecule has 1 aliphatic rings. The van der Waals surface area contributed by atoms with Crippen molar-refractivity contribution in [3.63, 3.8) is 0 Å². The summed E-state index contributed by atoms with van der Waals surface area (Å²) in [5, 5.41) is 1.94. The quantitative estimate of drug-likeness (QED) is 0.565. The lowest BCUT2D eigenvalue weighted by Crippen LogP contribution is -2.39. The molecule has 0 spiro atoms. The van der Waals surface area contributed by atoms with Crippen molar-refractivity contribution in [2.75, 3.05) is 14.2 Å². The second-order valence-corrected chi connectivity index (χ2v) is 8.69. The second-order valence-electron chi connectivity index (χ2n) is 6.70. The van der Waals surface area contributed by atoms with Crippen molar-refractivity contribution in [1.29, 1.82) is 0 Å². The Kier molecular flexibility index (Phi) is 5.71. The summed E-state index contributed by atoms with van der Waals surface area (Å²) >= 11 is 2.80. The van der Waals surface area contributed by atoms with Crippen molar-refractivity contribution in [2.45, 2.75) is 13.0 Å². The molecular weight excluding hydrogens is 436 g/mol. The van der Waals surface area contributed by atoms with Crippen molar-refractivity contribution in [2.24, 2.45) is 4.99 Å². The Hall–Kier alpha value is -3.30. The minimum absolute atomic E-state index is 0.243. The van der Waals surface area contributed by atoms with E-state index >= 15 is 0 Å². The number of methoxy groups -OCH3 is 2. The first-order valence-electron chi connectivity index (χ1n) is 9.27. The van der Waals surface area contributed by atoms with E-state index in [1.165, 1.54) is 41.5 Å². The third-order valence-corrected chi connectivity index (χ3v) is 6.69. The number of fused-ring (bicyclic) bond motifs is 1. The van der Waals surface area contributed by atoms with Crippen LogP contribution in [-0.2, 0) is 14.3 Å².